The zero-order valence-electron chi connectivity index (χ0n) is 13.2. The first-order valence-electron chi connectivity index (χ1n) is 7.77. The Morgan fingerprint density at radius 2 is 1.92 bits per heavy atom. The standard InChI is InChI=1S/C17H18F3N3O/c1-11(12-6-2-3-7-13(12)17(18,19)20)10-14-22-15(23-24-14)16(21)8-4-5-9-16/h2-3,6-7,10H,4-5,8-9,21H2,1H3/b11-10-. The fourth-order valence-corrected chi connectivity index (χ4v) is 3.06. The van der Waals surface area contributed by atoms with Crippen LogP contribution in [-0.2, 0) is 11.7 Å². The van der Waals surface area contributed by atoms with Crippen LogP contribution >= 0.6 is 0 Å². The average molecular weight is 337 g/mol. The van der Waals surface area contributed by atoms with E-state index in [1.54, 1.807) is 13.0 Å². The highest BCUT2D eigenvalue weighted by Crippen LogP contribution is 2.36. The summed E-state index contributed by atoms with van der Waals surface area (Å²) >= 11 is 0. The molecule has 3 rings (SSSR count). The highest BCUT2D eigenvalue weighted by Gasteiger charge is 2.36. The lowest BCUT2D eigenvalue weighted by atomic mass is 9.98. The number of nitrogens with two attached hydrogens (primary N) is 1. The molecule has 7 heteroatoms. The molecule has 128 valence electrons. The molecule has 2 aromatic rings. The molecule has 1 heterocycles. The van der Waals surface area contributed by atoms with Crippen molar-refractivity contribution in [1.82, 2.24) is 10.1 Å². The van der Waals surface area contributed by atoms with Gasteiger partial charge in [-0.05, 0) is 37.0 Å². The second-order valence-corrected chi connectivity index (χ2v) is 6.19. The van der Waals surface area contributed by atoms with Gasteiger partial charge in [-0.3, -0.25) is 0 Å². The van der Waals surface area contributed by atoms with Crippen LogP contribution in [0.3, 0.4) is 0 Å². The van der Waals surface area contributed by atoms with E-state index in [-0.39, 0.29) is 11.5 Å². The van der Waals surface area contributed by atoms with Gasteiger partial charge < -0.3 is 10.3 Å². The SMILES string of the molecule is C/C(=C/c1nc(C2(N)CCCC2)no1)c1ccccc1C(F)(F)F. The van der Waals surface area contributed by atoms with Crippen LogP contribution < -0.4 is 5.73 Å². The molecule has 0 spiro atoms. The third-order valence-corrected chi connectivity index (χ3v) is 4.38. The Balaban J connectivity index is 1.91. The summed E-state index contributed by atoms with van der Waals surface area (Å²) < 4.78 is 44.5. The van der Waals surface area contributed by atoms with Gasteiger partial charge in [-0.25, -0.2) is 0 Å². The van der Waals surface area contributed by atoms with Crippen molar-refractivity contribution in [3.63, 3.8) is 0 Å². The second kappa shape index (κ2) is 6.05. The smallest absolute Gasteiger partial charge is 0.335 e. The molecule has 0 unspecified atom stereocenters. The Morgan fingerprint density at radius 3 is 2.58 bits per heavy atom. The van der Waals surface area contributed by atoms with Gasteiger partial charge in [0.25, 0.3) is 5.89 Å². The van der Waals surface area contributed by atoms with Gasteiger partial charge in [-0.1, -0.05) is 36.2 Å². The lowest BCUT2D eigenvalue weighted by molar-refractivity contribution is -0.137. The molecular formula is C17H18F3N3O. The van der Waals surface area contributed by atoms with Crippen molar-refractivity contribution in [2.75, 3.05) is 0 Å². The van der Waals surface area contributed by atoms with Crippen molar-refractivity contribution < 1.29 is 17.7 Å². The summed E-state index contributed by atoms with van der Waals surface area (Å²) in [6.45, 7) is 1.59. The summed E-state index contributed by atoms with van der Waals surface area (Å²) in [4.78, 5) is 4.26. The van der Waals surface area contributed by atoms with Crippen molar-refractivity contribution >= 4 is 11.6 Å². The lowest BCUT2D eigenvalue weighted by Crippen LogP contribution is -2.34. The van der Waals surface area contributed by atoms with Crippen LogP contribution in [0.4, 0.5) is 13.2 Å². The molecule has 4 nitrogen and oxygen atoms in total. The Bertz CT molecular complexity index is 758. The van der Waals surface area contributed by atoms with E-state index in [0.717, 1.165) is 31.7 Å². The maximum absolute atomic E-state index is 13.1. The van der Waals surface area contributed by atoms with E-state index in [1.807, 2.05) is 0 Å². The van der Waals surface area contributed by atoms with E-state index in [9.17, 15) is 13.2 Å². The quantitative estimate of drug-likeness (QED) is 0.903. The van der Waals surface area contributed by atoms with E-state index in [1.165, 1.54) is 18.2 Å². The van der Waals surface area contributed by atoms with Gasteiger partial charge in [0.2, 0.25) is 0 Å². The minimum atomic E-state index is -4.42. The summed E-state index contributed by atoms with van der Waals surface area (Å²) in [5.74, 6) is 0.583. The fourth-order valence-electron chi connectivity index (χ4n) is 3.06. The zero-order valence-corrected chi connectivity index (χ0v) is 13.2. The van der Waals surface area contributed by atoms with Crippen LogP contribution in [0.5, 0.6) is 0 Å². The average Bonchev–Trinajstić information content (AvgIpc) is 3.16. The van der Waals surface area contributed by atoms with Gasteiger partial charge in [0.15, 0.2) is 5.82 Å². The van der Waals surface area contributed by atoms with Crippen LogP contribution in [0.2, 0.25) is 0 Å². The largest absolute Gasteiger partial charge is 0.416 e. The molecule has 24 heavy (non-hydrogen) atoms. The molecular weight excluding hydrogens is 319 g/mol. The normalized spacial score (nSPS) is 18.1. The van der Waals surface area contributed by atoms with Crippen LogP contribution in [-0.4, -0.2) is 10.1 Å². The minimum absolute atomic E-state index is 0.0908. The summed E-state index contributed by atoms with van der Waals surface area (Å²) in [5, 5.41) is 3.91. The summed E-state index contributed by atoms with van der Waals surface area (Å²) in [6.07, 6.45) is 0.621. The Morgan fingerprint density at radius 1 is 1.25 bits per heavy atom. The first-order valence-corrected chi connectivity index (χ1v) is 7.77. The third kappa shape index (κ3) is 3.21. The number of aromatic nitrogens is 2. The number of alkyl halides is 3. The summed E-state index contributed by atoms with van der Waals surface area (Å²) in [6, 6.07) is 5.41. The molecule has 0 aliphatic heterocycles. The number of rotatable bonds is 3. The van der Waals surface area contributed by atoms with Crippen LogP contribution in [0.15, 0.2) is 28.8 Å². The van der Waals surface area contributed by atoms with E-state index in [0.29, 0.717) is 11.4 Å². The highest BCUT2D eigenvalue weighted by atomic mass is 19.4. The van der Waals surface area contributed by atoms with E-state index in [2.05, 4.69) is 10.1 Å². The first-order chi connectivity index (χ1) is 11.3. The van der Waals surface area contributed by atoms with Gasteiger partial charge in [0.05, 0.1) is 11.1 Å². The van der Waals surface area contributed by atoms with Crippen LogP contribution in [0.1, 0.15) is 55.4 Å². The molecule has 1 aliphatic rings. The number of halogens is 3. The van der Waals surface area contributed by atoms with Crippen molar-refractivity contribution in [3.05, 3.63) is 47.1 Å². The molecule has 0 saturated heterocycles. The molecule has 1 aromatic heterocycles. The number of nitrogens with zero attached hydrogens (tertiary/aromatic N) is 2. The number of benzene rings is 1. The number of hydrogen-bond acceptors (Lipinski definition) is 4. The minimum Gasteiger partial charge on any atom is -0.335 e. The van der Waals surface area contributed by atoms with Gasteiger partial charge in [0.1, 0.15) is 0 Å². The second-order valence-electron chi connectivity index (χ2n) is 6.19. The molecule has 0 bridgehead atoms. The Kier molecular flexibility index (Phi) is 4.21. The lowest BCUT2D eigenvalue weighted by Gasteiger charge is -2.17. The first kappa shape index (κ1) is 16.7. The third-order valence-electron chi connectivity index (χ3n) is 4.38. The number of allylic oxidation sites excluding steroid dienone is 1. The molecule has 2 N–H and O–H groups in total. The molecule has 1 aromatic carbocycles. The predicted molar refractivity (Wildman–Crippen MR) is 83.6 cm³/mol. The predicted octanol–water partition coefficient (Wildman–Crippen LogP) is 4.38. The van der Waals surface area contributed by atoms with Gasteiger partial charge in [-0.2, -0.15) is 18.2 Å². The van der Waals surface area contributed by atoms with Crippen molar-refractivity contribution in [2.24, 2.45) is 5.73 Å². The van der Waals surface area contributed by atoms with Crippen LogP contribution in [0, 0.1) is 0 Å². The van der Waals surface area contributed by atoms with Gasteiger partial charge in [0, 0.05) is 6.08 Å². The Hall–Kier alpha value is -2.15. The van der Waals surface area contributed by atoms with Crippen molar-refractivity contribution in [2.45, 2.75) is 44.3 Å². The zero-order chi connectivity index (χ0) is 17.4. The molecule has 0 radical (unpaired) electrons. The topological polar surface area (TPSA) is 64.9 Å². The van der Waals surface area contributed by atoms with Crippen LogP contribution in [0.25, 0.3) is 11.6 Å². The van der Waals surface area contributed by atoms with Gasteiger partial charge >= 0.3 is 6.18 Å². The van der Waals surface area contributed by atoms with E-state index in [4.69, 9.17) is 10.3 Å². The summed E-state index contributed by atoms with van der Waals surface area (Å²) in [5.41, 5.74) is 5.47. The maximum Gasteiger partial charge on any atom is 0.416 e. The van der Waals surface area contributed by atoms with Crippen molar-refractivity contribution in [1.29, 1.82) is 0 Å². The molecule has 0 atom stereocenters. The van der Waals surface area contributed by atoms with Crippen molar-refractivity contribution in [3.8, 4) is 0 Å². The number of hydrogen-bond donors (Lipinski definition) is 1. The van der Waals surface area contributed by atoms with Gasteiger partial charge in [-0.15, -0.1) is 0 Å². The molecule has 0 amide bonds. The maximum atomic E-state index is 13.1. The molecule has 1 saturated carbocycles. The monoisotopic (exact) mass is 337 g/mol. The van der Waals surface area contributed by atoms with E-state index >= 15 is 0 Å². The summed E-state index contributed by atoms with van der Waals surface area (Å²) in [7, 11) is 0. The Labute approximate surface area is 137 Å². The van der Waals surface area contributed by atoms with E-state index < -0.39 is 17.3 Å². The highest BCUT2D eigenvalue weighted by molar-refractivity contribution is 5.79. The molecule has 1 aliphatic carbocycles. The fraction of sp³-hybridized carbons (Fsp3) is 0.412. The molecule has 1 fully saturated rings.